The minimum Gasteiger partial charge on any atom is -0.454 e. The molecule has 5 rings (SSSR count). The minimum atomic E-state index is -2.15. The molecule has 11 heteroatoms. The lowest BCUT2D eigenvalue weighted by Gasteiger charge is -2.47. The Morgan fingerprint density at radius 2 is 1.50 bits per heavy atom. The number of carbonyl (C=O) groups excluding carboxylic acids is 4. The van der Waals surface area contributed by atoms with E-state index in [1.165, 1.54) is 0 Å². The van der Waals surface area contributed by atoms with Crippen LogP contribution in [0.3, 0.4) is 0 Å². The van der Waals surface area contributed by atoms with E-state index in [9.17, 15) is 14.4 Å². The first kappa shape index (κ1) is 30.4. The largest absolute Gasteiger partial charge is 0.454 e. The van der Waals surface area contributed by atoms with Crippen LogP contribution >= 0.6 is 0 Å². The number of hydrazine groups is 1. The number of imide groups is 1. The van der Waals surface area contributed by atoms with Crippen molar-refractivity contribution >= 4 is 24.0 Å². The topological polar surface area (TPSA) is 124 Å². The number of benzene rings is 3. The number of ether oxygens (including phenoxy) is 4. The summed E-state index contributed by atoms with van der Waals surface area (Å²) in [6.07, 6.45) is -2.07. The number of nitrogens with zero attached hydrogens (tertiary/aromatic N) is 2. The summed E-state index contributed by atoms with van der Waals surface area (Å²) in [6.45, 7) is 9.83. The van der Waals surface area contributed by atoms with E-state index in [0.717, 1.165) is 9.91 Å². The fraction of sp³-hybridized carbons (Fsp3) is 0.333. The average molecular weight is 602 g/mol. The summed E-state index contributed by atoms with van der Waals surface area (Å²) in [6, 6.07) is 20.2. The number of carbonyl (C=O) groups is 4. The van der Waals surface area contributed by atoms with Gasteiger partial charge in [-0.2, -0.15) is 5.01 Å². The first-order valence-corrected chi connectivity index (χ1v) is 14.1. The molecule has 0 radical (unpaired) electrons. The number of amides is 4. The summed E-state index contributed by atoms with van der Waals surface area (Å²) >= 11 is 0. The first-order valence-electron chi connectivity index (χ1n) is 14.1. The van der Waals surface area contributed by atoms with Gasteiger partial charge in [0, 0.05) is 11.1 Å². The second kappa shape index (κ2) is 11.2. The van der Waals surface area contributed by atoms with Crippen LogP contribution in [0.15, 0.2) is 72.8 Å². The summed E-state index contributed by atoms with van der Waals surface area (Å²) in [5.41, 5.74) is -0.420. The van der Waals surface area contributed by atoms with Crippen molar-refractivity contribution in [1.82, 2.24) is 15.3 Å². The highest BCUT2D eigenvalue weighted by atomic mass is 16.7. The van der Waals surface area contributed by atoms with Crippen molar-refractivity contribution in [2.75, 3.05) is 6.79 Å². The number of rotatable bonds is 4. The van der Waals surface area contributed by atoms with Gasteiger partial charge in [0.25, 0.3) is 11.8 Å². The van der Waals surface area contributed by atoms with E-state index in [1.807, 2.05) is 6.07 Å². The molecule has 0 aromatic heterocycles. The highest BCUT2D eigenvalue weighted by molar-refractivity contribution is 6.15. The van der Waals surface area contributed by atoms with E-state index >= 15 is 4.79 Å². The van der Waals surface area contributed by atoms with Gasteiger partial charge >= 0.3 is 12.2 Å². The smallest absolute Gasteiger partial charge is 0.431 e. The van der Waals surface area contributed by atoms with Crippen LogP contribution in [-0.2, 0) is 26.4 Å². The highest BCUT2D eigenvalue weighted by Crippen LogP contribution is 2.46. The Bertz CT molecular complexity index is 1610. The second-order valence-corrected chi connectivity index (χ2v) is 12.4. The predicted molar refractivity (Wildman–Crippen MR) is 159 cm³/mol. The summed E-state index contributed by atoms with van der Waals surface area (Å²) in [5, 5.41) is 0.815. The van der Waals surface area contributed by atoms with Crippen LogP contribution in [-0.4, -0.2) is 51.9 Å². The van der Waals surface area contributed by atoms with Crippen LogP contribution in [0.5, 0.6) is 11.5 Å². The van der Waals surface area contributed by atoms with Crippen LogP contribution in [0.25, 0.3) is 0 Å². The van der Waals surface area contributed by atoms with Crippen LogP contribution in [0, 0.1) is 0 Å². The molecule has 3 aromatic carbocycles. The molecule has 0 fully saturated rings. The van der Waals surface area contributed by atoms with Crippen LogP contribution in [0.2, 0.25) is 0 Å². The molecule has 0 aliphatic carbocycles. The lowest BCUT2D eigenvalue weighted by Crippen LogP contribution is -2.68. The summed E-state index contributed by atoms with van der Waals surface area (Å²) < 4.78 is 22.5. The summed E-state index contributed by atoms with van der Waals surface area (Å²) in [5.74, 6) is -0.611. The van der Waals surface area contributed by atoms with E-state index < -0.39 is 40.7 Å². The average Bonchev–Trinajstić information content (AvgIpc) is 3.42. The lowest BCUT2D eigenvalue weighted by atomic mass is 9.75. The lowest BCUT2D eigenvalue weighted by molar-refractivity contribution is -0.143. The maximum Gasteiger partial charge on any atom is 0.431 e. The normalized spacial score (nSPS) is 17.5. The molecular formula is C33H35N3O8. The Kier molecular flexibility index (Phi) is 7.75. The van der Waals surface area contributed by atoms with Gasteiger partial charge in [0.15, 0.2) is 17.0 Å². The third-order valence-electron chi connectivity index (χ3n) is 6.83. The monoisotopic (exact) mass is 601 g/mol. The second-order valence-electron chi connectivity index (χ2n) is 12.4. The van der Waals surface area contributed by atoms with Gasteiger partial charge in [-0.05, 0) is 70.9 Å². The predicted octanol–water partition coefficient (Wildman–Crippen LogP) is 5.52. The quantitative estimate of drug-likeness (QED) is 0.306. The van der Waals surface area contributed by atoms with Gasteiger partial charge < -0.3 is 18.9 Å². The molecule has 4 amide bonds. The van der Waals surface area contributed by atoms with Gasteiger partial charge in [0.05, 0.1) is 6.54 Å². The fourth-order valence-electron chi connectivity index (χ4n) is 5.15. The van der Waals surface area contributed by atoms with Crippen molar-refractivity contribution in [3.63, 3.8) is 0 Å². The molecule has 11 nitrogen and oxygen atoms in total. The SMILES string of the molecule is CC(C)(C)OC(=O)NN(C(=O)OC(C)(C)C)[C@]1(c2ccc3c(c2)OCO3)C(=O)N(Cc2ccccc2)C(=O)c2ccccc21. The van der Waals surface area contributed by atoms with E-state index in [2.05, 4.69) is 5.43 Å². The maximum absolute atomic E-state index is 15.1. The third kappa shape index (κ3) is 5.77. The Hall–Kier alpha value is -5.06. The van der Waals surface area contributed by atoms with Gasteiger partial charge in [-0.25, -0.2) is 15.0 Å². The molecule has 0 spiro atoms. The molecule has 230 valence electrons. The number of nitrogens with one attached hydrogen (secondary N) is 1. The minimum absolute atomic E-state index is 0.0408. The molecule has 1 N–H and O–H groups in total. The zero-order valence-electron chi connectivity index (χ0n) is 25.5. The Labute approximate surface area is 255 Å². The van der Waals surface area contributed by atoms with Crippen molar-refractivity contribution in [1.29, 1.82) is 0 Å². The highest BCUT2D eigenvalue weighted by Gasteiger charge is 2.59. The Morgan fingerprint density at radius 3 is 2.18 bits per heavy atom. The molecule has 3 aromatic rings. The van der Waals surface area contributed by atoms with Crippen LogP contribution in [0.4, 0.5) is 9.59 Å². The summed E-state index contributed by atoms with van der Waals surface area (Å²) in [7, 11) is 0. The molecule has 0 bridgehead atoms. The van der Waals surface area contributed by atoms with E-state index in [4.69, 9.17) is 18.9 Å². The van der Waals surface area contributed by atoms with Crippen LogP contribution in [0.1, 0.15) is 68.6 Å². The van der Waals surface area contributed by atoms with E-state index in [-0.39, 0.29) is 30.0 Å². The standard InChI is InChI=1S/C33H35N3O8/c1-31(2,3)43-29(39)34-36(30(40)44-32(4,5)6)33(22-16-17-25-26(18-22)42-20-41-25)24-15-11-10-14-23(24)27(37)35(28(33)38)19-21-12-8-7-9-13-21/h7-18H,19-20H2,1-6H3,(H,34,39)/t33-/m0/s1. The van der Waals surface area contributed by atoms with Crippen molar-refractivity contribution in [2.24, 2.45) is 0 Å². The van der Waals surface area contributed by atoms with E-state index in [1.54, 1.807) is 108 Å². The number of hydrogen-bond donors (Lipinski definition) is 1. The summed E-state index contributed by atoms with van der Waals surface area (Å²) in [4.78, 5) is 57.7. The van der Waals surface area contributed by atoms with Gasteiger partial charge in [0.1, 0.15) is 11.2 Å². The zero-order valence-corrected chi connectivity index (χ0v) is 25.5. The van der Waals surface area contributed by atoms with Crippen LogP contribution < -0.4 is 14.9 Å². The Balaban J connectivity index is 1.80. The van der Waals surface area contributed by atoms with Crippen molar-refractivity contribution in [2.45, 2.75) is 64.8 Å². The Morgan fingerprint density at radius 1 is 0.864 bits per heavy atom. The van der Waals surface area contributed by atoms with Gasteiger partial charge in [-0.3, -0.25) is 14.5 Å². The molecule has 2 aliphatic heterocycles. The van der Waals surface area contributed by atoms with E-state index in [0.29, 0.717) is 17.1 Å². The van der Waals surface area contributed by atoms with Gasteiger partial charge in [-0.15, -0.1) is 0 Å². The molecular weight excluding hydrogens is 566 g/mol. The van der Waals surface area contributed by atoms with Crippen molar-refractivity contribution in [3.05, 3.63) is 95.1 Å². The zero-order chi connectivity index (χ0) is 31.9. The fourth-order valence-corrected chi connectivity index (χ4v) is 5.15. The van der Waals surface area contributed by atoms with Crippen molar-refractivity contribution in [3.8, 4) is 11.5 Å². The van der Waals surface area contributed by atoms with Crippen molar-refractivity contribution < 1.29 is 38.1 Å². The molecule has 0 saturated carbocycles. The number of hydrogen-bond acceptors (Lipinski definition) is 8. The maximum atomic E-state index is 15.1. The number of fused-ring (bicyclic) bond motifs is 2. The van der Waals surface area contributed by atoms with Gasteiger partial charge in [-0.1, -0.05) is 54.6 Å². The first-order chi connectivity index (χ1) is 20.7. The molecule has 2 aliphatic rings. The van der Waals surface area contributed by atoms with Gasteiger partial charge in [0.2, 0.25) is 6.79 Å². The third-order valence-corrected chi connectivity index (χ3v) is 6.83. The molecule has 1 atom stereocenters. The molecule has 44 heavy (non-hydrogen) atoms. The molecule has 0 saturated heterocycles. The molecule has 0 unspecified atom stereocenters. The molecule has 2 heterocycles.